The van der Waals surface area contributed by atoms with Crippen molar-refractivity contribution in [3.05, 3.63) is 87.8 Å². The number of aryl methyl sites for hydroxylation is 2. The molecule has 0 amide bonds. The van der Waals surface area contributed by atoms with Gasteiger partial charge in [-0.3, -0.25) is 9.89 Å². The molecule has 6 heteroatoms. The summed E-state index contributed by atoms with van der Waals surface area (Å²) in [6, 6.07) is 20.1. The molecule has 1 N–H and O–H groups in total. The Labute approximate surface area is 171 Å². The molecule has 0 unspecified atom stereocenters. The summed E-state index contributed by atoms with van der Waals surface area (Å²) in [5.41, 5.74) is 4.12. The molecule has 0 spiro atoms. The van der Waals surface area contributed by atoms with Gasteiger partial charge in [0.25, 0.3) is 5.56 Å². The summed E-state index contributed by atoms with van der Waals surface area (Å²) in [4.78, 5) is 22.1. The first-order chi connectivity index (χ1) is 14.1. The molecule has 2 heterocycles. The molecule has 0 saturated carbocycles. The molecule has 0 atom stereocenters. The van der Waals surface area contributed by atoms with Crippen LogP contribution in [0.15, 0.2) is 70.5 Å². The monoisotopic (exact) mass is 398 g/mol. The van der Waals surface area contributed by atoms with E-state index in [1.54, 1.807) is 10.9 Å². The van der Waals surface area contributed by atoms with E-state index in [1.165, 1.54) is 16.9 Å². The molecule has 5 rings (SSSR count). The van der Waals surface area contributed by atoms with Gasteiger partial charge in [-0.1, -0.05) is 53.8 Å². The van der Waals surface area contributed by atoms with E-state index < -0.39 is 0 Å². The number of rotatable bonds is 3. The minimum Gasteiger partial charge on any atom is -0.295 e. The van der Waals surface area contributed by atoms with Gasteiger partial charge in [0, 0.05) is 17.3 Å². The van der Waals surface area contributed by atoms with E-state index >= 15 is 0 Å². The van der Waals surface area contributed by atoms with Gasteiger partial charge < -0.3 is 0 Å². The molecule has 29 heavy (non-hydrogen) atoms. The smallest absolute Gasteiger partial charge is 0.280 e. The Morgan fingerprint density at radius 3 is 2.79 bits per heavy atom. The van der Waals surface area contributed by atoms with Gasteiger partial charge >= 0.3 is 0 Å². The van der Waals surface area contributed by atoms with E-state index in [4.69, 9.17) is 0 Å². The van der Waals surface area contributed by atoms with E-state index in [2.05, 4.69) is 28.1 Å². The second-order valence-electron chi connectivity index (χ2n) is 7.02. The highest BCUT2D eigenvalue weighted by Gasteiger charge is 2.13. The first kappa shape index (κ1) is 17.6. The molecular weight excluding hydrogens is 380 g/mol. The fourth-order valence-electron chi connectivity index (χ4n) is 3.48. The molecule has 3 aromatic carbocycles. The van der Waals surface area contributed by atoms with Crippen LogP contribution in [0.1, 0.15) is 16.8 Å². The van der Waals surface area contributed by atoms with Gasteiger partial charge in [-0.05, 0) is 43.0 Å². The molecule has 0 aliphatic carbocycles. The maximum absolute atomic E-state index is 13.1. The van der Waals surface area contributed by atoms with Crippen LogP contribution in [-0.2, 0) is 0 Å². The Kier molecular flexibility index (Phi) is 4.14. The lowest BCUT2D eigenvalue weighted by atomic mass is 10.1. The van der Waals surface area contributed by atoms with Crippen molar-refractivity contribution in [3.63, 3.8) is 0 Å². The first-order valence-electron chi connectivity index (χ1n) is 9.31. The van der Waals surface area contributed by atoms with E-state index in [0.29, 0.717) is 10.7 Å². The second-order valence-corrected chi connectivity index (χ2v) is 8.02. The highest BCUT2D eigenvalue weighted by molar-refractivity contribution is 7.22. The Hall–Kier alpha value is -3.51. The lowest BCUT2D eigenvalue weighted by Gasteiger charge is -2.06. The lowest BCUT2D eigenvalue weighted by Crippen LogP contribution is -2.17. The quantitative estimate of drug-likeness (QED) is 0.419. The number of fused-ring (bicyclic) bond motifs is 2. The van der Waals surface area contributed by atoms with Gasteiger partial charge in [0.1, 0.15) is 0 Å². The van der Waals surface area contributed by atoms with Crippen LogP contribution in [0.25, 0.3) is 26.7 Å². The Balaban J connectivity index is 1.57. The van der Waals surface area contributed by atoms with Gasteiger partial charge in [-0.15, -0.1) is 0 Å². The largest absolute Gasteiger partial charge is 0.295 e. The number of nitrogens with one attached hydrogen (secondary N) is 1. The van der Waals surface area contributed by atoms with E-state index in [9.17, 15) is 4.79 Å². The molecule has 0 radical (unpaired) electrons. The Bertz CT molecular complexity index is 1450. The van der Waals surface area contributed by atoms with Crippen LogP contribution < -0.4 is 5.56 Å². The average molecular weight is 398 g/mol. The van der Waals surface area contributed by atoms with Crippen molar-refractivity contribution in [2.45, 2.75) is 13.8 Å². The second kappa shape index (κ2) is 6.83. The fraction of sp³-hybridized carbons (Fsp3) is 0.0870. The van der Waals surface area contributed by atoms with Gasteiger partial charge in [-0.2, -0.15) is 0 Å². The van der Waals surface area contributed by atoms with Crippen LogP contribution in [-0.4, -0.2) is 21.0 Å². The van der Waals surface area contributed by atoms with Crippen LogP contribution in [0.2, 0.25) is 0 Å². The average Bonchev–Trinajstić information content (AvgIpc) is 3.25. The molecule has 142 valence electrons. The third-order valence-electron chi connectivity index (χ3n) is 4.96. The lowest BCUT2D eigenvalue weighted by molar-refractivity contribution is 0.841. The molecule has 5 aromatic rings. The molecular formula is C23H18N4OS. The van der Waals surface area contributed by atoms with Crippen molar-refractivity contribution >= 4 is 43.7 Å². The highest BCUT2D eigenvalue weighted by atomic mass is 32.1. The topological polar surface area (TPSA) is 63.0 Å². The maximum atomic E-state index is 13.1. The van der Waals surface area contributed by atoms with Crippen LogP contribution in [0.5, 0.6) is 0 Å². The van der Waals surface area contributed by atoms with Crippen molar-refractivity contribution in [3.8, 4) is 5.69 Å². The molecule has 5 nitrogen and oxygen atoms in total. The zero-order valence-corrected chi connectivity index (χ0v) is 16.8. The Morgan fingerprint density at radius 2 is 1.90 bits per heavy atom. The van der Waals surface area contributed by atoms with Gasteiger partial charge in [0.15, 0.2) is 0 Å². The minimum atomic E-state index is -0.125. The van der Waals surface area contributed by atoms with E-state index in [0.717, 1.165) is 32.4 Å². The van der Waals surface area contributed by atoms with Crippen molar-refractivity contribution in [1.29, 1.82) is 0 Å². The number of H-pyrrole nitrogens is 1. The Morgan fingerprint density at radius 1 is 1.07 bits per heavy atom. The summed E-state index contributed by atoms with van der Waals surface area (Å²) in [5.74, 6) is 0. The molecule has 0 bridgehead atoms. The maximum Gasteiger partial charge on any atom is 0.280 e. The molecule has 2 aromatic heterocycles. The number of nitrogens with zero attached hydrogens (tertiary/aromatic N) is 3. The van der Waals surface area contributed by atoms with E-state index in [1.807, 2.05) is 61.5 Å². The van der Waals surface area contributed by atoms with E-state index in [-0.39, 0.29) is 5.56 Å². The van der Waals surface area contributed by atoms with Crippen LogP contribution in [0.3, 0.4) is 0 Å². The highest BCUT2D eigenvalue weighted by Crippen LogP contribution is 2.28. The number of thiazole rings is 1. The SMILES string of the molecule is Cc1ccc2nc(/N=C/c3c(C)[nH]n(-c4cccc5ccccc45)c3=O)sc2c1. The summed E-state index contributed by atoms with van der Waals surface area (Å²) in [7, 11) is 0. The predicted molar refractivity (Wildman–Crippen MR) is 120 cm³/mol. The van der Waals surface area contributed by atoms with Gasteiger partial charge in [-0.25, -0.2) is 14.7 Å². The fourth-order valence-corrected chi connectivity index (χ4v) is 4.39. The number of aromatic nitrogens is 3. The van der Waals surface area contributed by atoms with Crippen molar-refractivity contribution in [2.24, 2.45) is 4.99 Å². The zero-order valence-electron chi connectivity index (χ0n) is 16.0. The minimum absolute atomic E-state index is 0.125. The van der Waals surface area contributed by atoms with Crippen molar-refractivity contribution in [1.82, 2.24) is 14.8 Å². The normalized spacial score (nSPS) is 11.8. The molecule has 0 fully saturated rings. The van der Waals surface area contributed by atoms with Crippen molar-refractivity contribution < 1.29 is 0 Å². The van der Waals surface area contributed by atoms with Crippen molar-refractivity contribution in [2.75, 3.05) is 0 Å². The number of aromatic amines is 1. The third kappa shape index (κ3) is 3.07. The first-order valence-corrected chi connectivity index (χ1v) is 10.1. The third-order valence-corrected chi connectivity index (χ3v) is 5.89. The van der Waals surface area contributed by atoms with Gasteiger partial charge in [0.05, 0.1) is 21.5 Å². The molecule has 0 saturated heterocycles. The predicted octanol–water partition coefficient (Wildman–Crippen LogP) is 5.30. The zero-order chi connectivity index (χ0) is 20.0. The number of hydrogen-bond donors (Lipinski definition) is 1. The summed E-state index contributed by atoms with van der Waals surface area (Å²) in [5, 5.41) is 5.93. The van der Waals surface area contributed by atoms with Crippen LogP contribution in [0.4, 0.5) is 5.13 Å². The number of hydrogen-bond acceptors (Lipinski definition) is 4. The standard InChI is InChI=1S/C23H18N4OS/c1-14-10-11-19-21(12-14)29-23(25-19)24-13-18-15(2)26-27(22(18)28)20-9-5-7-16-6-3-4-8-17(16)20/h3-13,26H,1-2H3/b24-13+. The van der Waals surface area contributed by atoms with Gasteiger partial charge in [0.2, 0.25) is 5.13 Å². The summed E-state index contributed by atoms with van der Waals surface area (Å²) < 4.78 is 2.68. The number of benzene rings is 3. The number of aliphatic imine (C=N–C) groups is 1. The van der Waals surface area contributed by atoms with Crippen LogP contribution >= 0.6 is 11.3 Å². The molecule has 0 aliphatic rings. The summed E-state index contributed by atoms with van der Waals surface area (Å²) >= 11 is 1.52. The van der Waals surface area contributed by atoms with Crippen LogP contribution in [0, 0.1) is 13.8 Å². The summed E-state index contributed by atoms with van der Waals surface area (Å²) in [6.45, 7) is 3.94. The molecule has 0 aliphatic heterocycles. The summed E-state index contributed by atoms with van der Waals surface area (Å²) in [6.07, 6.45) is 1.61.